The Labute approximate surface area is 124 Å². The molecular formula is C13H16F3N3O3. The molecule has 1 saturated heterocycles. The molecule has 22 heavy (non-hydrogen) atoms. The van der Waals surface area contributed by atoms with E-state index in [1.54, 1.807) is 6.92 Å². The standard InChI is InChI=1S/C13H16F3N3O3/c1-7-5-10(18-22-7)12(21)19-6-9(17-8(2)20)3-4-11(19)13(14,15)16/h5,9,11H,3-4,6H2,1-2H3,(H,17,20)/t9-,11-/m0/s1. The summed E-state index contributed by atoms with van der Waals surface area (Å²) in [4.78, 5) is 24.1. The van der Waals surface area contributed by atoms with E-state index in [1.807, 2.05) is 0 Å². The van der Waals surface area contributed by atoms with Gasteiger partial charge in [0.05, 0.1) is 0 Å². The van der Waals surface area contributed by atoms with E-state index in [1.165, 1.54) is 13.0 Å². The number of hydrogen-bond donors (Lipinski definition) is 1. The van der Waals surface area contributed by atoms with E-state index < -0.39 is 24.2 Å². The van der Waals surface area contributed by atoms with Crippen LogP contribution in [0.25, 0.3) is 0 Å². The molecule has 1 fully saturated rings. The number of amides is 2. The maximum atomic E-state index is 13.1. The fourth-order valence-corrected chi connectivity index (χ4v) is 2.56. The van der Waals surface area contributed by atoms with E-state index in [9.17, 15) is 22.8 Å². The lowest BCUT2D eigenvalue weighted by molar-refractivity contribution is -0.184. The normalized spacial score (nSPS) is 22.5. The van der Waals surface area contributed by atoms with Crippen LogP contribution in [0.15, 0.2) is 10.6 Å². The summed E-state index contributed by atoms with van der Waals surface area (Å²) < 4.78 is 44.2. The predicted molar refractivity (Wildman–Crippen MR) is 69.0 cm³/mol. The number of alkyl halides is 3. The van der Waals surface area contributed by atoms with E-state index in [0.717, 1.165) is 0 Å². The summed E-state index contributed by atoms with van der Waals surface area (Å²) in [5.74, 6) is -0.864. The SMILES string of the molecule is CC(=O)N[C@H]1CC[C@@H](C(F)(F)F)N(C(=O)c2cc(C)on2)C1. The largest absolute Gasteiger partial charge is 0.408 e. The van der Waals surface area contributed by atoms with Gasteiger partial charge in [-0.05, 0) is 19.8 Å². The summed E-state index contributed by atoms with van der Waals surface area (Å²) >= 11 is 0. The molecule has 0 aromatic carbocycles. The Morgan fingerprint density at radius 2 is 2.09 bits per heavy atom. The van der Waals surface area contributed by atoms with Gasteiger partial charge < -0.3 is 14.7 Å². The summed E-state index contributed by atoms with van der Waals surface area (Å²) in [7, 11) is 0. The molecule has 9 heteroatoms. The van der Waals surface area contributed by atoms with Gasteiger partial charge in [-0.3, -0.25) is 9.59 Å². The first-order chi connectivity index (χ1) is 10.2. The van der Waals surface area contributed by atoms with Gasteiger partial charge >= 0.3 is 6.18 Å². The summed E-state index contributed by atoms with van der Waals surface area (Å²) in [5.41, 5.74) is -0.171. The molecule has 0 spiro atoms. The molecular weight excluding hydrogens is 303 g/mol. The van der Waals surface area contributed by atoms with Crippen LogP contribution in [0.1, 0.15) is 36.0 Å². The lowest BCUT2D eigenvalue weighted by Gasteiger charge is -2.40. The highest BCUT2D eigenvalue weighted by molar-refractivity contribution is 5.92. The second-order valence-electron chi connectivity index (χ2n) is 5.31. The Balaban J connectivity index is 2.23. The van der Waals surface area contributed by atoms with Crippen LogP contribution in [0.3, 0.4) is 0 Å². The molecule has 0 radical (unpaired) electrons. The van der Waals surface area contributed by atoms with Gasteiger partial charge in [0, 0.05) is 25.6 Å². The van der Waals surface area contributed by atoms with E-state index in [-0.39, 0.29) is 31.0 Å². The third-order valence-electron chi connectivity index (χ3n) is 3.48. The Bertz CT molecular complexity index is 570. The molecule has 0 bridgehead atoms. The van der Waals surface area contributed by atoms with Crippen LogP contribution in [0.5, 0.6) is 0 Å². The van der Waals surface area contributed by atoms with Crippen molar-refractivity contribution in [2.24, 2.45) is 0 Å². The van der Waals surface area contributed by atoms with Gasteiger partial charge in [0.1, 0.15) is 11.8 Å². The van der Waals surface area contributed by atoms with Gasteiger partial charge in [-0.1, -0.05) is 5.16 Å². The van der Waals surface area contributed by atoms with E-state index in [2.05, 4.69) is 10.5 Å². The van der Waals surface area contributed by atoms with Crippen molar-refractivity contribution in [1.29, 1.82) is 0 Å². The third kappa shape index (κ3) is 3.58. The zero-order valence-corrected chi connectivity index (χ0v) is 12.1. The minimum atomic E-state index is -4.53. The molecule has 2 rings (SSSR count). The van der Waals surface area contributed by atoms with Crippen LogP contribution in [0.2, 0.25) is 0 Å². The number of aromatic nitrogens is 1. The topological polar surface area (TPSA) is 75.4 Å². The van der Waals surface area contributed by atoms with Gasteiger partial charge in [0.25, 0.3) is 5.91 Å². The lowest BCUT2D eigenvalue weighted by Crippen LogP contribution is -2.58. The van der Waals surface area contributed by atoms with Crippen molar-refractivity contribution in [3.05, 3.63) is 17.5 Å². The first-order valence-corrected chi connectivity index (χ1v) is 6.76. The van der Waals surface area contributed by atoms with Crippen molar-refractivity contribution < 1.29 is 27.3 Å². The Morgan fingerprint density at radius 1 is 1.41 bits per heavy atom. The van der Waals surface area contributed by atoms with Crippen molar-refractivity contribution in [2.45, 2.75) is 44.9 Å². The molecule has 1 aliphatic heterocycles. The fraction of sp³-hybridized carbons (Fsp3) is 0.615. The average Bonchev–Trinajstić information content (AvgIpc) is 2.82. The molecule has 1 aliphatic rings. The number of hydrogen-bond acceptors (Lipinski definition) is 4. The van der Waals surface area contributed by atoms with Crippen molar-refractivity contribution >= 4 is 11.8 Å². The number of nitrogens with zero attached hydrogens (tertiary/aromatic N) is 2. The number of carbonyl (C=O) groups excluding carboxylic acids is 2. The maximum Gasteiger partial charge on any atom is 0.408 e. The van der Waals surface area contributed by atoms with Gasteiger partial charge in [-0.15, -0.1) is 0 Å². The van der Waals surface area contributed by atoms with Crippen molar-refractivity contribution in [3.8, 4) is 0 Å². The Kier molecular flexibility index (Phi) is 4.43. The average molecular weight is 319 g/mol. The molecule has 0 saturated carbocycles. The van der Waals surface area contributed by atoms with Crippen LogP contribution in [0.4, 0.5) is 13.2 Å². The smallest absolute Gasteiger partial charge is 0.361 e. The summed E-state index contributed by atoms with van der Waals surface area (Å²) in [6.07, 6.45) is -4.64. The Hall–Kier alpha value is -2.06. The highest BCUT2D eigenvalue weighted by atomic mass is 19.4. The number of rotatable bonds is 2. The second kappa shape index (κ2) is 5.98. The number of likely N-dealkylation sites (tertiary alicyclic amines) is 1. The molecule has 6 nitrogen and oxygen atoms in total. The number of halogens is 3. The van der Waals surface area contributed by atoms with Gasteiger partial charge in [0.2, 0.25) is 5.91 Å². The van der Waals surface area contributed by atoms with Crippen molar-refractivity contribution in [1.82, 2.24) is 15.4 Å². The summed E-state index contributed by atoms with van der Waals surface area (Å²) in [5, 5.41) is 6.02. The predicted octanol–water partition coefficient (Wildman–Crippen LogP) is 1.65. The van der Waals surface area contributed by atoms with E-state index in [4.69, 9.17) is 4.52 Å². The lowest BCUT2D eigenvalue weighted by atomic mass is 9.97. The van der Waals surface area contributed by atoms with Crippen molar-refractivity contribution in [2.75, 3.05) is 6.54 Å². The van der Waals surface area contributed by atoms with Gasteiger partial charge in [0.15, 0.2) is 5.69 Å². The molecule has 1 aromatic heterocycles. The first-order valence-electron chi connectivity index (χ1n) is 6.76. The number of piperidine rings is 1. The van der Waals surface area contributed by atoms with Crippen LogP contribution in [-0.4, -0.2) is 46.7 Å². The minimum absolute atomic E-state index is 0.158. The molecule has 0 aliphatic carbocycles. The van der Waals surface area contributed by atoms with Crippen molar-refractivity contribution in [3.63, 3.8) is 0 Å². The number of nitrogens with one attached hydrogen (secondary N) is 1. The van der Waals surface area contributed by atoms with Crippen LogP contribution in [-0.2, 0) is 4.79 Å². The molecule has 122 valence electrons. The fourth-order valence-electron chi connectivity index (χ4n) is 2.56. The molecule has 2 atom stereocenters. The van der Waals surface area contributed by atoms with Crippen LogP contribution in [0, 0.1) is 6.92 Å². The first kappa shape index (κ1) is 16.3. The molecule has 2 amide bonds. The second-order valence-corrected chi connectivity index (χ2v) is 5.31. The molecule has 2 heterocycles. The highest BCUT2D eigenvalue weighted by Crippen LogP contribution is 2.32. The summed E-state index contributed by atoms with van der Waals surface area (Å²) in [6, 6.07) is -1.10. The van der Waals surface area contributed by atoms with Gasteiger partial charge in [-0.2, -0.15) is 13.2 Å². The molecule has 1 N–H and O–H groups in total. The minimum Gasteiger partial charge on any atom is -0.361 e. The third-order valence-corrected chi connectivity index (χ3v) is 3.48. The monoisotopic (exact) mass is 319 g/mol. The zero-order chi connectivity index (χ0) is 16.5. The van der Waals surface area contributed by atoms with Gasteiger partial charge in [-0.25, -0.2) is 0 Å². The highest BCUT2D eigenvalue weighted by Gasteiger charge is 2.48. The maximum absolute atomic E-state index is 13.1. The summed E-state index contributed by atoms with van der Waals surface area (Å²) in [6.45, 7) is 2.61. The Morgan fingerprint density at radius 3 is 2.59 bits per heavy atom. The molecule has 0 unspecified atom stereocenters. The quantitative estimate of drug-likeness (QED) is 0.899. The van der Waals surface area contributed by atoms with E-state index in [0.29, 0.717) is 10.7 Å². The molecule has 1 aromatic rings. The number of aryl methyl sites for hydroxylation is 1. The van der Waals surface area contributed by atoms with Crippen LogP contribution >= 0.6 is 0 Å². The zero-order valence-electron chi connectivity index (χ0n) is 12.1. The van der Waals surface area contributed by atoms with Crippen LogP contribution < -0.4 is 5.32 Å². The number of carbonyl (C=O) groups is 2. The van der Waals surface area contributed by atoms with E-state index >= 15 is 0 Å².